The van der Waals surface area contributed by atoms with Crippen LogP contribution in [0.1, 0.15) is 29.0 Å². The van der Waals surface area contributed by atoms with Gasteiger partial charge in [-0.15, -0.1) is 22.7 Å². The number of rotatable bonds is 5. The van der Waals surface area contributed by atoms with E-state index in [-0.39, 0.29) is 6.10 Å². The highest BCUT2D eigenvalue weighted by atomic mass is 32.1. The van der Waals surface area contributed by atoms with E-state index in [2.05, 4.69) is 5.32 Å². The summed E-state index contributed by atoms with van der Waals surface area (Å²) in [7, 11) is 1.97. The Bertz CT molecular complexity index is 664. The molecule has 2 aliphatic rings. The number of hydrogen-bond acceptors (Lipinski definition) is 6. The molecule has 0 aromatic carbocycles. The van der Waals surface area contributed by atoms with Crippen LogP contribution in [0.4, 0.5) is 0 Å². The third kappa shape index (κ3) is 2.44. The van der Waals surface area contributed by atoms with Crippen molar-refractivity contribution in [2.75, 3.05) is 7.05 Å². The smallest absolute Gasteiger partial charge is 0.349 e. The minimum absolute atomic E-state index is 0.0820. The number of thiophene rings is 2. The Morgan fingerprint density at radius 3 is 2.42 bits per heavy atom. The van der Waals surface area contributed by atoms with Crippen molar-refractivity contribution in [2.24, 2.45) is 11.8 Å². The number of fused-ring (bicyclic) bond motifs is 2. The van der Waals surface area contributed by atoms with Crippen molar-refractivity contribution in [3.05, 3.63) is 44.8 Å². The first kappa shape index (κ1) is 16.3. The fraction of sp³-hybridized carbons (Fsp3) is 0.500. The van der Waals surface area contributed by atoms with Gasteiger partial charge in [-0.25, -0.2) is 4.79 Å². The lowest BCUT2D eigenvalue weighted by atomic mass is 9.96. The number of carbonyl (C=O) groups excluding carboxylic acids is 1. The van der Waals surface area contributed by atoms with E-state index in [4.69, 9.17) is 4.74 Å². The Balaban J connectivity index is 1.62. The fourth-order valence-corrected chi connectivity index (χ4v) is 6.00. The minimum Gasteiger partial charge on any atom is -0.459 e. The summed E-state index contributed by atoms with van der Waals surface area (Å²) in [6.07, 6.45) is 3.17. The second kappa shape index (κ2) is 6.26. The normalized spacial score (nSPS) is 29.1. The van der Waals surface area contributed by atoms with Gasteiger partial charge in [-0.1, -0.05) is 12.1 Å². The number of esters is 1. The molecule has 2 aromatic heterocycles. The fourth-order valence-electron chi connectivity index (χ4n) is 4.28. The second-order valence-corrected chi connectivity index (χ2v) is 8.56. The largest absolute Gasteiger partial charge is 0.459 e. The van der Waals surface area contributed by atoms with E-state index in [0.717, 1.165) is 19.3 Å². The van der Waals surface area contributed by atoms with Crippen LogP contribution in [0, 0.1) is 11.8 Å². The van der Waals surface area contributed by atoms with Crippen molar-refractivity contribution >= 4 is 28.6 Å². The first-order chi connectivity index (χ1) is 11.6. The van der Waals surface area contributed by atoms with Gasteiger partial charge < -0.3 is 15.2 Å². The molecule has 24 heavy (non-hydrogen) atoms. The molecule has 2 heterocycles. The topological polar surface area (TPSA) is 58.6 Å². The van der Waals surface area contributed by atoms with Crippen molar-refractivity contribution < 1.29 is 14.6 Å². The number of ether oxygens (including phenoxy) is 1. The van der Waals surface area contributed by atoms with E-state index >= 15 is 0 Å². The summed E-state index contributed by atoms with van der Waals surface area (Å²) >= 11 is 2.76. The van der Waals surface area contributed by atoms with Gasteiger partial charge in [0, 0.05) is 12.0 Å². The quantitative estimate of drug-likeness (QED) is 0.802. The Morgan fingerprint density at radius 1 is 1.25 bits per heavy atom. The van der Waals surface area contributed by atoms with E-state index in [1.54, 1.807) is 12.1 Å². The van der Waals surface area contributed by atoms with Crippen molar-refractivity contribution in [3.63, 3.8) is 0 Å². The molecule has 128 valence electrons. The van der Waals surface area contributed by atoms with E-state index < -0.39 is 11.6 Å². The standard InChI is InChI=1S/C18H21NO3S2/c1-19-13-10-11-6-7-12(13)16(11)22-17(20)18(21,14-4-2-8-23-14)15-5-3-9-24-15/h2-5,8-9,11-13,16,19,21H,6-7,10H2,1H3. The lowest BCUT2D eigenvalue weighted by Gasteiger charge is -2.27. The molecule has 4 atom stereocenters. The molecule has 2 aliphatic carbocycles. The molecule has 0 radical (unpaired) electrons. The zero-order chi connectivity index (χ0) is 16.7. The maximum absolute atomic E-state index is 13.1. The predicted molar refractivity (Wildman–Crippen MR) is 95.2 cm³/mol. The van der Waals surface area contributed by atoms with Crippen LogP contribution in [-0.2, 0) is 15.1 Å². The van der Waals surface area contributed by atoms with Gasteiger partial charge in [0.05, 0.1) is 9.75 Å². The monoisotopic (exact) mass is 363 g/mol. The van der Waals surface area contributed by atoms with Crippen LogP contribution in [0.25, 0.3) is 0 Å². The Labute approximate surface area is 149 Å². The molecule has 4 nitrogen and oxygen atoms in total. The zero-order valence-corrected chi connectivity index (χ0v) is 15.1. The molecule has 0 spiro atoms. The summed E-state index contributed by atoms with van der Waals surface area (Å²) in [5, 5.41) is 18.4. The van der Waals surface area contributed by atoms with Crippen LogP contribution in [-0.4, -0.2) is 30.3 Å². The van der Waals surface area contributed by atoms with Gasteiger partial charge in [0.25, 0.3) is 0 Å². The Kier molecular flexibility index (Phi) is 4.24. The molecule has 4 rings (SSSR count). The summed E-state index contributed by atoms with van der Waals surface area (Å²) in [4.78, 5) is 14.3. The highest BCUT2D eigenvalue weighted by Gasteiger charge is 2.52. The van der Waals surface area contributed by atoms with Crippen molar-refractivity contribution in [1.82, 2.24) is 5.32 Å². The lowest BCUT2D eigenvalue weighted by molar-refractivity contribution is -0.169. The van der Waals surface area contributed by atoms with E-state index in [9.17, 15) is 9.90 Å². The number of hydrogen-bond donors (Lipinski definition) is 2. The number of nitrogens with one attached hydrogen (secondary N) is 1. The molecule has 2 bridgehead atoms. The molecule has 2 fully saturated rings. The first-order valence-electron chi connectivity index (χ1n) is 8.33. The van der Waals surface area contributed by atoms with Gasteiger partial charge in [0.15, 0.2) is 0 Å². The molecule has 6 heteroatoms. The molecule has 2 saturated carbocycles. The van der Waals surface area contributed by atoms with E-state index in [0.29, 0.717) is 27.6 Å². The van der Waals surface area contributed by atoms with Crippen molar-refractivity contribution in [1.29, 1.82) is 0 Å². The van der Waals surface area contributed by atoms with Crippen LogP contribution < -0.4 is 5.32 Å². The second-order valence-electron chi connectivity index (χ2n) is 6.67. The van der Waals surface area contributed by atoms with Crippen LogP contribution in [0.2, 0.25) is 0 Å². The minimum atomic E-state index is -1.69. The molecular formula is C18H21NO3S2. The van der Waals surface area contributed by atoms with Gasteiger partial charge in [-0.05, 0) is 55.1 Å². The Hall–Kier alpha value is -1.21. The van der Waals surface area contributed by atoms with Gasteiger partial charge >= 0.3 is 5.97 Å². The summed E-state index contributed by atoms with van der Waals surface area (Å²) < 4.78 is 5.93. The lowest BCUT2D eigenvalue weighted by Crippen LogP contribution is -2.41. The van der Waals surface area contributed by atoms with Gasteiger partial charge in [-0.2, -0.15) is 0 Å². The highest BCUT2D eigenvalue weighted by Crippen LogP contribution is 2.48. The maximum atomic E-state index is 13.1. The average molecular weight is 364 g/mol. The first-order valence-corrected chi connectivity index (χ1v) is 10.1. The van der Waals surface area contributed by atoms with E-state index in [1.165, 1.54) is 22.7 Å². The van der Waals surface area contributed by atoms with Crippen molar-refractivity contribution in [2.45, 2.75) is 37.0 Å². The number of aliphatic hydroxyl groups is 1. The molecular weight excluding hydrogens is 342 g/mol. The molecule has 4 unspecified atom stereocenters. The third-order valence-corrected chi connectivity index (χ3v) is 7.45. The van der Waals surface area contributed by atoms with Crippen LogP contribution in [0.5, 0.6) is 0 Å². The Morgan fingerprint density at radius 2 is 1.92 bits per heavy atom. The predicted octanol–water partition coefficient (Wildman–Crippen LogP) is 2.98. The summed E-state index contributed by atoms with van der Waals surface area (Å²) in [6.45, 7) is 0. The highest BCUT2D eigenvalue weighted by molar-refractivity contribution is 7.12. The van der Waals surface area contributed by atoms with Gasteiger partial charge in [-0.3, -0.25) is 0 Å². The van der Waals surface area contributed by atoms with Crippen molar-refractivity contribution in [3.8, 4) is 0 Å². The summed E-state index contributed by atoms with van der Waals surface area (Å²) in [6, 6.07) is 7.71. The third-order valence-electron chi connectivity index (χ3n) is 5.50. The van der Waals surface area contributed by atoms with Gasteiger partial charge in [0.1, 0.15) is 6.10 Å². The zero-order valence-electron chi connectivity index (χ0n) is 13.5. The molecule has 0 aliphatic heterocycles. The van der Waals surface area contributed by atoms with Crippen LogP contribution in [0.15, 0.2) is 35.0 Å². The summed E-state index contributed by atoms with van der Waals surface area (Å²) in [5.74, 6) is 0.234. The number of carbonyl (C=O) groups is 1. The maximum Gasteiger partial charge on any atom is 0.349 e. The van der Waals surface area contributed by atoms with Crippen LogP contribution >= 0.6 is 22.7 Å². The summed E-state index contributed by atoms with van der Waals surface area (Å²) in [5.41, 5.74) is -1.69. The molecule has 0 amide bonds. The molecule has 2 N–H and O–H groups in total. The van der Waals surface area contributed by atoms with Crippen LogP contribution in [0.3, 0.4) is 0 Å². The molecule has 0 saturated heterocycles. The molecule has 2 aromatic rings. The van der Waals surface area contributed by atoms with Gasteiger partial charge in [0.2, 0.25) is 5.60 Å². The van der Waals surface area contributed by atoms with E-state index in [1.807, 2.05) is 29.9 Å². The average Bonchev–Trinajstić information content (AvgIpc) is 3.37. The SMILES string of the molecule is CNC1CC2CCC1C2OC(=O)C(O)(c1cccs1)c1cccs1.